The van der Waals surface area contributed by atoms with Crippen LogP contribution in [0.2, 0.25) is 0 Å². The Balaban J connectivity index is 1.87. The van der Waals surface area contributed by atoms with Gasteiger partial charge in [-0.05, 0) is 30.7 Å². The van der Waals surface area contributed by atoms with E-state index in [9.17, 15) is 5.11 Å². The summed E-state index contributed by atoms with van der Waals surface area (Å²) in [5.41, 5.74) is -0.502. The molecule has 15 heavy (non-hydrogen) atoms. The second-order valence-corrected chi connectivity index (χ2v) is 5.58. The highest BCUT2D eigenvalue weighted by Gasteiger charge is 2.65. The highest BCUT2D eigenvalue weighted by molar-refractivity contribution is 7.10. The van der Waals surface area contributed by atoms with Gasteiger partial charge in [0, 0.05) is 10.3 Å². The van der Waals surface area contributed by atoms with E-state index in [0.29, 0.717) is 11.8 Å². The maximum absolute atomic E-state index is 10.6. The van der Waals surface area contributed by atoms with Crippen molar-refractivity contribution in [2.24, 2.45) is 11.8 Å². The van der Waals surface area contributed by atoms with Crippen molar-refractivity contribution in [2.45, 2.75) is 31.3 Å². The summed E-state index contributed by atoms with van der Waals surface area (Å²) in [5, 5.41) is 12.6. The van der Waals surface area contributed by atoms with Crippen LogP contribution in [-0.2, 0) is 5.60 Å². The molecule has 2 aliphatic carbocycles. The molecule has 0 radical (unpaired) electrons. The molecule has 2 saturated carbocycles. The summed E-state index contributed by atoms with van der Waals surface area (Å²) in [4.78, 5) is 1.11. The predicted octanol–water partition coefficient (Wildman–Crippen LogP) is 2.76. The number of rotatable bonds is 2. The number of aliphatic hydroxyl groups is 1. The average molecular weight is 224 g/mol. The fourth-order valence-electron chi connectivity index (χ4n) is 3.09. The van der Waals surface area contributed by atoms with Gasteiger partial charge >= 0.3 is 0 Å². The standard InChI is InChI=1S/C12H16O2S/c1-14-8-6-11(15-7-8)12(13)9-4-2-3-5-10(9)12/h6-7,9-10,13H,2-5H2,1H3. The maximum Gasteiger partial charge on any atom is 0.129 e. The zero-order chi connectivity index (χ0) is 10.5. The Labute approximate surface area is 93.9 Å². The summed E-state index contributed by atoms with van der Waals surface area (Å²) in [6.45, 7) is 0. The number of hydrogen-bond acceptors (Lipinski definition) is 3. The Morgan fingerprint density at radius 2 is 2.07 bits per heavy atom. The molecule has 2 unspecified atom stereocenters. The first-order valence-corrected chi connectivity index (χ1v) is 6.50. The largest absolute Gasteiger partial charge is 0.496 e. The van der Waals surface area contributed by atoms with Crippen LogP contribution >= 0.6 is 11.3 Å². The summed E-state index contributed by atoms with van der Waals surface area (Å²) in [5.74, 6) is 1.93. The molecule has 1 heterocycles. The number of hydrogen-bond donors (Lipinski definition) is 1. The van der Waals surface area contributed by atoms with Crippen molar-refractivity contribution in [2.75, 3.05) is 7.11 Å². The molecule has 0 aliphatic heterocycles. The number of thiophene rings is 1. The summed E-state index contributed by atoms with van der Waals surface area (Å²) >= 11 is 1.63. The normalized spacial score (nSPS) is 38.5. The second kappa shape index (κ2) is 3.22. The topological polar surface area (TPSA) is 29.5 Å². The smallest absolute Gasteiger partial charge is 0.129 e. The molecule has 3 rings (SSSR count). The van der Waals surface area contributed by atoms with Crippen LogP contribution < -0.4 is 4.74 Å². The average Bonchev–Trinajstić information content (AvgIpc) is 2.70. The van der Waals surface area contributed by atoms with E-state index in [0.717, 1.165) is 10.6 Å². The Hall–Kier alpha value is -0.540. The fraction of sp³-hybridized carbons (Fsp3) is 0.667. The van der Waals surface area contributed by atoms with Gasteiger partial charge in [0.15, 0.2) is 0 Å². The van der Waals surface area contributed by atoms with Crippen molar-refractivity contribution in [3.8, 4) is 5.75 Å². The van der Waals surface area contributed by atoms with Gasteiger partial charge in [-0.25, -0.2) is 0 Å². The minimum Gasteiger partial charge on any atom is -0.496 e. The van der Waals surface area contributed by atoms with E-state index in [1.165, 1.54) is 25.7 Å². The van der Waals surface area contributed by atoms with Crippen LogP contribution in [0.25, 0.3) is 0 Å². The highest BCUT2D eigenvalue weighted by Crippen LogP contribution is 2.65. The third-order valence-electron chi connectivity index (χ3n) is 3.99. The molecule has 2 nitrogen and oxygen atoms in total. The Morgan fingerprint density at radius 1 is 1.40 bits per heavy atom. The molecule has 0 saturated heterocycles. The van der Waals surface area contributed by atoms with Crippen LogP contribution in [0, 0.1) is 11.8 Å². The quantitative estimate of drug-likeness (QED) is 0.837. The molecular formula is C12H16O2S. The Bertz CT molecular complexity index is 359. The van der Waals surface area contributed by atoms with Crippen LogP contribution in [0.15, 0.2) is 11.4 Å². The van der Waals surface area contributed by atoms with Gasteiger partial charge in [0.05, 0.1) is 7.11 Å². The summed E-state index contributed by atoms with van der Waals surface area (Å²) < 4.78 is 5.17. The van der Waals surface area contributed by atoms with Gasteiger partial charge in [0.1, 0.15) is 11.4 Å². The van der Waals surface area contributed by atoms with E-state index < -0.39 is 5.60 Å². The summed E-state index contributed by atoms with van der Waals surface area (Å²) in [6, 6.07) is 2.00. The van der Waals surface area contributed by atoms with Gasteiger partial charge in [0.25, 0.3) is 0 Å². The molecule has 1 N–H and O–H groups in total. The molecule has 1 aromatic rings. The Morgan fingerprint density at radius 3 is 2.60 bits per heavy atom. The molecule has 0 bridgehead atoms. The number of ether oxygens (including phenoxy) is 1. The van der Waals surface area contributed by atoms with E-state index in [1.54, 1.807) is 18.4 Å². The first-order valence-electron chi connectivity index (χ1n) is 5.62. The monoisotopic (exact) mass is 224 g/mol. The molecule has 3 heteroatoms. The predicted molar refractivity (Wildman–Crippen MR) is 60.2 cm³/mol. The van der Waals surface area contributed by atoms with Crippen molar-refractivity contribution < 1.29 is 9.84 Å². The van der Waals surface area contributed by atoms with Crippen LogP contribution in [0.1, 0.15) is 30.6 Å². The third-order valence-corrected chi connectivity index (χ3v) is 5.04. The molecule has 0 aromatic carbocycles. The third kappa shape index (κ3) is 1.26. The van der Waals surface area contributed by atoms with Crippen molar-refractivity contribution in [3.05, 3.63) is 16.3 Å². The molecule has 0 spiro atoms. The van der Waals surface area contributed by atoms with E-state index in [4.69, 9.17) is 4.74 Å². The van der Waals surface area contributed by atoms with Crippen LogP contribution in [0.3, 0.4) is 0 Å². The maximum atomic E-state index is 10.6. The summed E-state index contributed by atoms with van der Waals surface area (Å²) in [6.07, 6.45) is 4.96. The van der Waals surface area contributed by atoms with E-state index in [1.807, 2.05) is 11.4 Å². The van der Waals surface area contributed by atoms with Gasteiger partial charge < -0.3 is 9.84 Å². The first kappa shape index (κ1) is 9.67. The molecule has 82 valence electrons. The van der Waals surface area contributed by atoms with Crippen molar-refractivity contribution in [1.82, 2.24) is 0 Å². The van der Waals surface area contributed by atoms with E-state index in [-0.39, 0.29) is 0 Å². The van der Waals surface area contributed by atoms with Crippen LogP contribution in [-0.4, -0.2) is 12.2 Å². The zero-order valence-corrected chi connectivity index (χ0v) is 9.72. The van der Waals surface area contributed by atoms with Gasteiger partial charge in [-0.15, -0.1) is 11.3 Å². The van der Waals surface area contributed by atoms with Crippen molar-refractivity contribution in [3.63, 3.8) is 0 Å². The lowest BCUT2D eigenvalue weighted by Gasteiger charge is -2.06. The lowest BCUT2D eigenvalue weighted by Crippen LogP contribution is -2.07. The fourth-order valence-corrected chi connectivity index (χ4v) is 4.18. The Kier molecular flexibility index (Phi) is 2.08. The second-order valence-electron chi connectivity index (χ2n) is 4.67. The van der Waals surface area contributed by atoms with E-state index in [2.05, 4.69) is 0 Å². The molecular weight excluding hydrogens is 208 g/mol. The highest BCUT2D eigenvalue weighted by atomic mass is 32.1. The molecule has 0 amide bonds. The minimum atomic E-state index is -0.502. The molecule has 2 fully saturated rings. The molecule has 2 aliphatic rings. The van der Waals surface area contributed by atoms with E-state index >= 15 is 0 Å². The lowest BCUT2D eigenvalue weighted by molar-refractivity contribution is 0.122. The minimum absolute atomic E-state index is 0.502. The lowest BCUT2D eigenvalue weighted by atomic mass is 10.0. The number of fused-ring (bicyclic) bond motifs is 1. The van der Waals surface area contributed by atoms with Crippen LogP contribution in [0.5, 0.6) is 5.75 Å². The van der Waals surface area contributed by atoms with Gasteiger partial charge in [-0.2, -0.15) is 0 Å². The SMILES string of the molecule is COc1csc(C2(O)C3CCCCC32)c1. The van der Waals surface area contributed by atoms with Crippen LogP contribution in [0.4, 0.5) is 0 Å². The molecule has 1 aromatic heterocycles. The number of methoxy groups -OCH3 is 1. The molecule has 2 atom stereocenters. The summed E-state index contributed by atoms with van der Waals surface area (Å²) in [7, 11) is 1.68. The van der Waals surface area contributed by atoms with Gasteiger partial charge in [0.2, 0.25) is 0 Å². The van der Waals surface area contributed by atoms with Gasteiger partial charge in [-0.1, -0.05) is 12.8 Å². The first-order chi connectivity index (χ1) is 7.26. The van der Waals surface area contributed by atoms with Crippen molar-refractivity contribution >= 4 is 11.3 Å². The van der Waals surface area contributed by atoms with Gasteiger partial charge in [-0.3, -0.25) is 0 Å². The van der Waals surface area contributed by atoms with Crippen molar-refractivity contribution in [1.29, 1.82) is 0 Å². The zero-order valence-electron chi connectivity index (χ0n) is 8.90.